The number of cyclic esters (lactones) is 1. The second-order valence-corrected chi connectivity index (χ2v) is 8.02. The van der Waals surface area contributed by atoms with Gasteiger partial charge in [0.25, 0.3) is 5.91 Å². The number of hydrogen-bond donors (Lipinski definition) is 3. The standard InChI is InChI=1S/C22H24FN3O7/c23-15-4-2-13(3-5-15)20(30)25-9-12-1-6-17(19(24)29)21(31)26(10-12)11-16(27)7-14-8-18(28)33-22(14)32/h1-5,14,17,22,32H,6-11H2,(H2,24,29)(H,25,30). The zero-order valence-electron chi connectivity index (χ0n) is 17.7. The highest BCUT2D eigenvalue weighted by Gasteiger charge is 2.36. The maximum Gasteiger partial charge on any atom is 0.308 e. The Labute approximate surface area is 188 Å². The number of allylic oxidation sites excluding steroid dienone is 1. The average Bonchev–Trinajstić information content (AvgIpc) is 2.97. The van der Waals surface area contributed by atoms with E-state index in [1.165, 1.54) is 17.0 Å². The predicted octanol–water partition coefficient (Wildman–Crippen LogP) is -0.344. The van der Waals surface area contributed by atoms with E-state index in [9.17, 15) is 33.5 Å². The monoisotopic (exact) mass is 461 g/mol. The number of esters is 1. The zero-order valence-corrected chi connectivity index (χ0v) is 17.7. The van der Waals surface area contributed by atoms with Gasteiger partial charge in [-0.25, -0.2) is 4.39 Å². The Bertz CT molecular complexity index is 992. The van der Waals surface area contributed by atoms with E-state index < -0.39 is 53.4 Å². The van der Waals surface area contributed by atoms with Crippen LogP contribution in [-0.2, 0) is 23.9 Å². The molecular weight excluding hydrogens is 437 g/mol. The minimum Gasteiger partial charge on any atom is -0.436 e. The fourth-order valence-corrected chi connectivity index (χ4v) is 3.73. The molecule has 0 bridgehead atoms. The highest BCUT2D eigenvalue weighted by Crippen LogP contribution is 2.24. The minimum atomic E-state index is -1.38. The summed E-state index contributed by atoms with van der Waals surface area (Å²) in [4.78, 5) is 61.8. The Kier molecular flexibility index (Phi) is 7.54. The number of nitrogens with zero attached hydrogens (tertiary/aromatic N) is 1. The molecule has 0 aromatic heterocycles. The van der Waals surface area contributed by atoms with E-state index in [2.05, 4.69) is 10.1 Å². The van der Waals surface area contributed by atoms with Crippen LogP contribution >= 0.6 is 0 Å². The number of Topliss-reactive ketones (excluding diaryl/α,β-unsaturated/α-hetero) is 1. The number of benzene rings is 1. The molecule has 1 saturated heterocycles. The second-order valence-electron chi connectivity index (χ2n) is 8.02. The quantitative estimate of drug-likeness (QED) is 0.272. The van der Waals surface area contributed by atoms with Crippen molar-refractivity contribution in [3.05, 3.63) is 47.3 Å². The van der Waals surface area contributed by atoms with Gasteiger partial charge in [0, 0.05) is 31.0 Å². The van der Waals surface area contributed by atoms with E-state index >= 15 is 0 Å². The largest absolute Gasteiger partial charge is 0.436 e. The molecule has 0 saturated carbocycles. The van der Waals surface area contributed by atoms with Crippen molar-refractivity contribution in [2.75, 3.05) is 19.6 Å². The summed E-state index contributed by atoms with van der Waals surface area (Å²) >= 11 is 0. The van der Waals surface area contributed by atoms with Crippen molar-refractivity contribution in [1.82, 2.24) is 10.2 Å². The number of ether oxygens (including phenoxy) is 1. The zero-order chi connectivity index (χ0) is 24.1. The number of carbonyl (C=O) groups is 5. The molecule has 10 nitrogen and oxygen atoms in total. The van der Waals surface area contributed by atoms with E-state index in [-0.39, 0.29) is 44.5 Å². The van der Waals surface area contributed by atoms with Crippen LogP contribution in [0.2, 0.25) is 0 Å². The van der Waals surface area contributed by atoms with Gasteiger partial charge in [0.1, 0.15) is 11.7 Å². The summed E-state index contributed by atoms with van der Waals surface area (Å²) in [5.74, 6) is -5.29. The highest BCUT2D eigenvalue weighted by atomic mass is 19.1. The Hall–Kier alpha value is -3.60. The number of aliphatic hydroxyl groups excluding tert-OH is 1. The second kappa shape index (κ2) is 10.3. The molecule has 0 radical (unpaired) electrons. The van der Waals surface area contributed by atoms with Gasteiger partial charge in [0.15, 0.2) is 5.78 Å². The summed E-state index contributed by atoms with van der Waals surface area (Å²) in [6.07, 6.45) is -0.0269. The Morgan fingerprint density at radius 2 is 1.91 bits per heavy atom. The summed E-state index contributed by atoms with van der Waals surface area (Å²) in [5, 5.41) is 12.4. The van der Waals surface area contributed by atoms with Crippen molar-refractivity contribution < 1.29 is 38.2 Å². The van der Waals surface area contributed by atoms with Crippen LogP contribution in [0.3, 0.4) is 0 Å². The van der Waals surface area contributed by atoms with Gasteiger partial charge in [-0.3, -0.25) is 24.0 Å². The Balaban J connectivity index is 1.65. The van der Waals surface area contributed by atoms with Crippen LogP contribution in [0, 0.1) is 17.7 Å². The van der Waals surface area contributed by atoms with E-state index in [1.54, 1.807) is 6.08 Å². The molecule has 3 atom stereocenters. The number of amides is 3. The molecule has 2 aliphatic heterocycles. The van der Waals surface area contributed by atoms with Crippen LogP contribution in [0.5, 0.6) is 0 Å². The molecule has 2 heterocycles. The van der Waals surface area contributed by atoms with Crippen LogP contribution in [0.4, 0.5) is 4.39 Å². The lowest BCUT2D eigenvalue weighted by molar-refractivity contribution is -0.156. The van der Waals surface area contributed by atoms with Gasteiger partial charge >= 0.3 is 5.97 Å². The molecule has 33 heavy (non-hydrogen) atoms. The summed E-state index contributed by atoms with van der Waals surface area (Å²) in [6.45, 7) is -0.354. The molecule has 1 fully saturated rings. The van der Waals surface area contributed by atoms with E-state index in [0.717, 1.165) is 12.1 Å². The van der Waals surface area contributed by atoms with Crippen molar-refractivity contribution in [3.8, 4) is 0 Å². The third-order valence-corrected chi connectivity index (χ3v) is 5.51. The van der Waals surface area contributed by atoms with Gasteiger partial charge in [-0.2, -0.15) is 0 Å². The number of carbonyl (C=O) groups excluding carboxylic acids is 5. The first-order valence-corrected chi connectivity index (χ1v) is 10.3. The molecule has 0 aliphatic carbocycles. The Morgan fingerprint density at radius 3 is 2.52 bits per heavy atom. The third kappa shape index (κ3) is 6.22. The molecule has 1 aromatic carbocycles. The molecule has 1 aromatic rings. The van der Waals surface area contributed by atoms with Gasteiger partial charge < -0.3 is 25.8 Å². The summed E-state index contributed by atoms with van der Waals surface area (Å²) in [7, 11) is 0. The van der Waals surface area contributed by atoms with Crippen LogP contribution < -0.4 is 11.1 Å². The topological polar surface area (TPSA) is 156 Å². The maximum atomic E-state index is 13.0. The van der Waals surface area contributed by atoms with Gasteiger partial charge in [0.05, 0.1) is 13.0 Å². The molecule has 3 rings (SSSR count). The van der Waals surface area contributed by atoms with E-state index in [4.69, 9.17) is 5.73 Å². The average molecular weight is 461 g/mol. The smallest absolute Gasteiger partial charge is 0.308 e. The normalized spacial score (nSPS) is 22.9. The molecule has 176 valence electrons. The molecule has 0 spiro atoms. The summed E-state index contributed by atoms with van der Waals surface area (Å²) in [6, 6.07) is 4.97. The maximum absolute atomic E-state index is 13.0. The number of nitrogens with one attached hydrogen (secondary N) is 1. The molecule has 4 N–H and O–H groups in total. The van der Waals surface area contributed by atoms with Gasteiger partial charge in [0.2, 0.25) is 18.1 Å². The molecule has 2 aliphatic rings. The number of primary amides is 1. The number of rotatable bonds is 8. The lowest BCUT2D eigenvalue weighted by Crippen LogP contribution is -2.44. The van der Waals surface area contributed by atoms with Crippen molar-refractivity contribution in [3.63, 3.8) is 0 Å². The molecular formula is C22H24FN3O7. The minimum absolute atomic E-state index is 0.0181. The van der Waals surface area contributed by atoms with Crippen molar-refractivity contribution in [1.29, 1.82) is 0 Å². The van der Waals surface area contributed by atoms with E-state index in [0.29, 0.717) is 5.57 Å². The van der Waals surface area contributed by atoms with Gasteiger partial charge in [-0.1, -0.05) is 6.08 Å². The van der Waals surface area contributed by atoms with Crippen LogP contribution in [0.15, 0.2) is 35.9 Å². The lowest BCUT2D eigenvalue weighted by atomic mass is 9.99. The van der Waals surface area contributed by atoms with Crippen LogP contribution in [0.25, 0.3) is 0 Å². The number of ketones is 1. The third-order valence-electron chi connectivity index (χ3n) is 5.51. The Morgan fingerprint density at radius 1 is 1.21 bits per heavy atom. The molecule has 3 unspecified atom stereocenters. The van der Waals surface area contributed by atoms with E-state index in [1.807, 2.05) is 0 Å². The first-order valence-electron chi connectivity index (χ1n) is 10.3. The number of halogens is 1. The summed E-state index contributed by atoms with van der Waals surface area (Å²) < 4.78 is 17.7. The van der Waals surface area contributed by atoms with Crippen LogP contribution in [0.1, 0.15) is 29.6 Å². The van der Waals surface area contributed by atoms with Crippen LogP contribution in [-0.4, -0.2) is 65.4 Å². The van der Waals surface area contributed by atoms with Gasteiger partial charge in [-0.05, 0) is 36.3 Å². The molecule has 3 amide bonds. The van der Waals surface area contributed by atoms with Gasteiger partial charge in [-0.15, -0.1) is 0 Å². The fraction of sp³-hybridized carbons (Fsp3) is 0.409. The first-order chi connectivity index (χ1) is 15.6. The summed E-state index contributed by atoms with van der Waals surface area (Å²) in [5.41, 5.74) is 6.18. The number of hydrogen-bond acceptors (Lipinski definition) is 7. The first kappa shape index (κ1) is 24.1. The lowest BCUT2D eigenvalue weighted by Gasteiger charge is -2.24. The van der Waals surface area contributed by atoms with Crippen molar-refractivity contribution in [2.24, 2.45) is 17.6 Å². The SMILES string of the molecule is NC(=O)C1CC=C(CNC(=O)c2ccc(F)cc2)CN(CC(=O)CC2CC(=O)OC2O)C1=O. The molecule has 11 heteroatoms. The predicted molar refractivity (Wildman–Crippen MR) is 111 cm³/mol. The number of aliphatic hydroxyl groups is 1. The van der Waals surface area contributed by atoms with Crippen molar-refractivity contribution in [2.45, 2.75) is 25.6 Å². The highest BCUT2D eigenvalue weighted by molar-refractivity contribution is 6.01. The fourth-order valence-electron chi connectivity index (χ4n) is 3.73. The number of nitrogens with two attached hydrogens (primary N) is 1. The van der Waals surface area contributed by atoms with Crippen molar-refractivity contribution >= 4 is 29.5 Å².